The van der Waals surface area contributed by atoms with E-state index in [2.05, 4.69) is 22.2 Å². The summed E-state index contributed by atoms with van der Waals surface area (Å²) in [4.78, 5) is 17.3. The molecule has 0 unspecified atom stereocenters. The molecule has 3 rings (SSSR count). The highest BCUT2D eigenvalue weighted by atomic mass is 32.2. The molecule has 1 N–H and O–H groups in total. The molecule has 2 aromatic carbocycles. The molecule has 0 saturated carbocycles. The molecular weight excluding hydrogens is 416 g/mol. The summed E-state index contributed by atoms with van der Waals surface area (Å²) in [6.45, 7) is 5.82. The Morgan fingerprint density at radius 3 is 2.32 bits per heavy atom. The first-order valence-electron chi connectivity index (χ1n) is 10.3. The molecule has 0 atom stereocenters. The largest absolute Gasteiger partial charge is 0.492 e. The molecule has 1 aliphatic rings. The summed E-state index contributed by atoms with van der Waals surface area (Å²) in [5, 5.41) is 2.79. The van der Waals surface area contributed by atoms with Gasteiger partial charge in [0.05, 0.1) is 18.6 Å². The highest BCUT2D eigenvalue weighted by molar-refractivity contribution is 7.92. The van der Waals surface area contributed by atoms with Crippen molar-refractivity contribution in [3.8, 4) is 5.75 Å². The van der Waals surface area contributed by atoms with Crippen molar-refractivity contribution < 1.29 is 17.9 Å². The summed E-state index contributed by atoms with van der Waals surface area (Å²) in [6, 6.07) is 14.4. The Balaban J connectivity index is 1.69. The van der Waals surface area contributed by atoms with Crippen molar-refractivity contribution in [2.45, 2.75) is 6.92 Å². The molecule has 1 saturated heterocycles. The molecule has 9 heteroatoms. The summed E-state index contributed by atoms with van der Waals surface area (Å²) in [5.74, 6) is -0.0103. The number of likely N-dealkylation sites (N-methyl/N-ethyl adjacent to an activating group) is 1. The number of hydrogen-bond donors (Lipinski definition) is 1. The molecule has 0 aliphatic carbocycles. The summed E-state index contributed by atoms with van der Waals surface area (Å²) < 4.78 is 31.4. The lowest BCUT2D eigenvalue weighted by Crippen LogP contribution is -2.44. The quantitative estimate of drug-likeness (QED) is 0.670. The number of carbonyl (C=O) groups is 1. The number of sulfonamides is 1. The first-order chi connectivity index (χ1) is 14.8. The molecule has 1 fully saturated rings. The van der Waals surface area contributed by atoms with Crippen molar-refractivity contribution >= 4 is 33.0 Å². The number of piperazine rings is 1. The van der Waals surface area contributed by atoms with Crippen molar-refractivity contribution in [1.29, 1.82) is 0 Å². The zero-order chi connectivity index (χ0) is 22.4. The first-order valence-corrected chi connectivity index (χ1v) is 12.2. The SMILES string of the molecule is CCOc1ccccc1N(CC(=O)Nc1ccc(N2CCN(C)CC2)cc1)S(C)(=O)=O. The van der Waals surface area contributed by atoms with Gasteiger partial charge in [0.2, 0.25) is 15.9 Å². The Morgan fingerprint density at radius 1 is 1.06 bits per heavy atom. The second-order valence-electron chi connectivity index (χ2n) is 7.56. The first kappa shape index (κ1) is 22.9. The molecule has 2 aromatic rings. The van der Waals surface area contributed by atoms with Gasteiger partial charge in [0.15, 0.2) is 0 Å². The van der Waals surface area contributed by atoms with Gasteiger partial charge < -0.3 is 19.9 Å². The van der Waals surface area contributed by atoms with Crippen LogP contribution < -0.4 is 19.3 Å². The standard InChI is InChI=1S/C22H30N4O4S/c1-4-30-21-8-6-5-7-20(21)26(31(3,28)29)17-22(27)23-18-9-11-19(12-10-18)25-15-13-24(2)14-16-25/h5-12H,4,13-17H2,1-3H3,(H,23,27). The van der Waals surface area contributed by atoms with Crippen LogP contribution in [0.4, 0.5) is 17.1 Å². The van der Waals surface area contributed by atoms with E-state index in [0.29, 0.717) is 23.7 Å². The number of ether oxygens (including phenoxy) is 1. The number of anilines is 3. The minimum Gasteiger partial charge on any atom is -0.492 e. The van der Waals surface area contributed by atoms with Crippen LogP contribution in [0, 0.1) is 0 Å². The predicted molar refractivity (Wildman–Crippen MR) is 125 cm³/mol. The number of carbonyl (C=O) groups excluding carboxylic acids is 1. The molecule has 0 spiro atoms. The molecule has 0 bridgehead atoms. The maximum atomic E-state index is 12.7. The van der Waals surface area contributed by atoms with Crippen LogP contribution >= 0.6 is 0 Å². The zero-order valence-corrected chi connectivity index (χ0v) is 19.1. The van der Waals surface area contributed by atoms with Crippen LogP contribution in [-0.2, 0) is 14.8 Å². The molecule has 1 aliphatic heterocycles. The van der Waals surface area contributed by atoms with Crippen molar-refractivity contribution in [2.75, 3.05) is 67.2 Å². The molecule has 1 amide bonds. The normalized spacial score (nSPS) is 14.9. The fraction of sp³-hybridized carbons (Fsp3) is 0.409. The van der Waals surface area contributed by atoms with Crippen LogP contribution in [0.2, 0.25) is 0 Å². The summed E-state index contributed by atoms with van der Waals surface area (Å²) in [7, 11) is -1.58. The molecule has 168 valence electrons. The Bertz CT molecular complexity index is 987. The van der Waals surface area contributed by atoms with Crippen LogP contribution in [0.5, 0.6) is 5.75 Å². The van der Waals surface area contributed by atoms with Crippen LogP contribution in [0.25, 0.3) is 0 Å². The third kappa shape index (κ3) is 6.11. The molecular formula is C22H30N4O4S. The number of nitrogens with one attached hydrogen (secondary N) is 1. The molecule has 0 aromatic heterocycles. The van der Waals surface area contributed by atoms with Gasteiger partial charge in [0.1, 0.15) is 12.3 Å². The Hall–Kier alpha value is -2.78. The number of rotatable bonds is 8. The Kier molecular flexibility index (Phi) is 7.40. The van der Waals surface area contributed by atoms with Gasteiger partial charge in [-0.05, 0) is 50.4 Å². The fourth-order valence-corrected chi connectivity index (χ4v) is 4.33. The minimum absolute atomic E-state index is 0.340. The van der Waals surface area contributed by atoms with E-state index in [9.17, 15) is 13.2 Å². The maximum absolute atomic E-state index is 12.7. The number of para-hydroxylation sites is 2. The van der Waals surface area contributed by atoms with Gasteiger partial charge in [-0.2, -0.15) is 0 Å². The summed E-state index contributed by atoms with van der Waals surface area (Å²) >= 11 is 0. The Morgan fingerprint density at radius 2 is 1.71 bits per heavy atom. The summed E-state index contributed by atoms with van der Waals surface area (Å²) in [6.07, 6.45) is 1.08. The smallest absolute Gasteiger partial charge is 0.245 e. The predicted octanol–water partition coefficient (Wildman–Crippen LogP) is 2.24. The van der Waals surface area contributed by atoms with Gasteiger partial charge in [0.25, 0.3) is 0 Å². The lowest BCUT2D eigenvalue weighted by molar-refractivity contribution is -0.114. The fourth-order valence-electron chi connectivity index (χ4n) is 3.47. The van der Waals surface area contributed by atoms with E-state index in [1.54, 1.807) is 24.3 Å². The van der Waals surface area contributed by atoms with Crippen molar-refractivity contribution in [3.05, 3.63) is 48.5 Å². The minimum atomic E-state index is -3.69. The number of amides is 1. The average molecular weight is 447 g/mol. The van der Waals surface area contributed by atoms with E-state index < -0.39 is 15.9 Å². The maximum Gasteiger partial charge on any atom is 0.245 e. The number of nitrogens with zero attached hydrogens (tertiary/aromatic N) is 3. The van der Waals surface area contributed by atoms with Gasteiger partial charge in [-0.3, -0.25) is 9.10 Å². The molecule has 0 radical (unpaired) electrons. The van der Waals surface area contributed by atoms with Crippen LogP contribution in [0.3, 0.4) is 0 Å². The number of benzene rings is 2. The molecule has 1 heterocycles. The van der Waals surface area contributed by atoms with Crippen LogP contribution in [0.15, 0.2) is 48.5 Å². The molecule has 8 nitrogen and oxygen atoms in total. The Labute approximate surface area is 184 Å². The van der Waals surface area contributed by atoms with Gasteiger partial charge in [-0.25, -0.2) is 8.42 Å². The number of hydrogen-bond acceptors (Lipinski definition) is 6. The van der Waals surface area contributed by atoms with E-state index in [1.165, 1.54) is 0 Å². The lowest BCUT2D eigenvalue weighted by Gasteiger charge is -2.34. The third-order valence-corrected chi connectivity index (χ3v) is 6.27. The topological polar surface area (TPSA) is 82.2 Å². The third-order valence-electron chi connectivity index (χ3n) is 5.14. The average Bonchev–Trinajstić information content (AvgIpc) is 2.73. The van der Waals surface area contributed by atoms with E-state index in [1.807, 2.05) is 31.2 Å². The van der Waals surface area contributed by atoms with Gasteiger partial charge in [-0.15, -0.1) is 0 Å². The van der Waals surface area contributed by atoms with Crippen LogP contribution in [0.1, 0.15) is 6.92 Å². The van der Waals surface area contributed by atoms with Gasteiger partial charge in [0, 0.05) is 37.6 Å². The lowest BCUT2D eigenvalue weighted by atomic mass is 10.2. The molecule has 31 heavy (non-hydrogen) atoms. The van der Waals surface area contributed by atoms with Crippen LogP contribution in [-0.4, -0.2) is 71.9 Å². The second kappa shape index (κ2) is 10.0. The van der Waals surface area contributed by atoms with E-state index in [4.69, 9.17) is 4.74 Å². The van der Waals surface area contributed by atoms with E-state index in [-0.39, 0.29) is 6.54 Å². The summed E-state index contributed by atoms with van der Waals surface area (Å²) in [5.41, 5.74) is 2.07. The van der Waals surface area contributed by atoms with Gasteiger partial charge >= 0.3 is 0 Å². The second-order valence-corrected chi connectivity index (χ2v) is 9.46. The van der Waals surface area contributed by atoms with Crippen molar-refractivity contribution in [2.24, 2.45) is 0 Å². The zero-order valence-electron chi connectivity index (χ0n) is 18.2. The van der Waals surface area contributed by atoms with Crippen molar-refractivity contribution in [3.63, 3.8) is 0 Å². The van der Waals surface area contributed by atoms with E-state index in [0.717, 1.165) is 42.4 Å². The monoisotopic (exact) mass is 446 g/mol. The highest BCUT2D eigenvalue weighted by Gasteiger charge is 2.24. The van der Waals surface area contributed by atoms with E-state index >= 15 is 0 Å². The van der Waals surface area contributed by atoms with Gasteiger partial charge in [-0.1, -0.05) is 12.1 Å². The highest BCUT2D eigenvalue weighted by Crippen LogP contribution is 2.30. The van der Waals surface area contributed by atoms with Crippen molar-refractivity contribution in [1.82, 2.24) is 4.90 Å².